The predicted molar refractivity (Wildman–Crippen MR) is 85.5 cm³/mol. The topological polar surface area (TPSA) is 43.4 Å². The van der Waals surface area contributed by atoms with E-state index in [1.807, 2.05) is 31.3 Å². The first kappa shape index (κ1) is 15.2. The van der Waals surface area contributed by atoms with E-state index in [-0.39, 0.29) is 6.04 Å². The molecule has 0 spiro atoms. The summed E-state index contributed by atoms with van der Waals surface area (Å²) >= 11 is 0. The number of hydrogen-bond donors (Lipinski definition) is 1. The Morgan fingerprint density at radius 1 is 1.09 bits per heavy atom. The van der Waals surface area contributed by atoms with Crippen LogP contribution in [0.15, 0.2) is 54.7 Å². The van der Waals surface area contributed by atoms with Gasteiger partial charge in [-0.05, 0) is 24.6 Å². The molecule has 0 saturated carbocycles. The monoisotopic (exact) mass is 298 g/mol. The molecule has 22 heavy (non-hydrogen) atoms. The summed E-state index contributed by atoms with van der Waals surface area (Å²) in [5.74, 6) is -0.460. The molecule has 1 aromatic carbocycles. The van der Waals surface area contributed by atoms with Crippen LogP contribution in [0.4, 0.5) is 0 Å². The normalized spacial score (nSPS) is 18.2. The Hall–Kier alpha value is -1.75. The summed E-state index contributed by atoms with van der Waals surface area (Å²) in [5, 5.41) is 3.58. The van der Waals surface area contributed by atoms with Crippen LogP contribution in [-0.2, 0) is 9.47 Å². The van der Waals surface area contributed by atoms with Crippen molar-refractivity contribution in [3.05, 3.63) is 66.0 Å². The van der Waals surface area contributed by atoms with E-state index in [2.05, 4.69) is 40.6 Å². The van der Waals surface area contributed by atoms with Crippen molar-refractivity contribution in [3.63, 3.8) is 0 Å². The number of hydrogen-bond acceptors (Lipinski definition) is 4. The summed E-state index contributed by atoms with van der Waals surface area (Å²) in [4.78, 5) is 4.50. The smallest absolute Gasteiger partial charge is 0.166 e. The minimum atomic E-state index is -0.460. The molecule has 0 bridgehead atoms. The third kappa shape index (κ3) is 3.71. The molecule has 1 aromatic heterocycles. The van der Waals surface area contributed by atoms with Gasteiger partial charge < -0.3 is 14.8 Å². The number of pyridine rings is 1. The highest BCUT2D eigenvalue weighted by molar-refractivity contribution is 5.27. The van der Waals surface area contributed by atoms with Gasteiger partial charge in [-0.15, -0.1) is 0 Å². The Labute approximate surface area is 131 Å². The van der Waals surface area contributed by atoms with Crippen LogP contribution in [0.25, 0.3) is 0 Å². The van der Waals surface area contributed by atoms with E-state index in [0.29, 0.717) is 13.2 Å². The van der Waals surface area contributed by atoms with Crippen LogP contribution in [0, 0.1) is 0 Å². The summed E-state index contributed by atoms with van der Waals surface area (Å²) in [6.07, 6.45) is 2.64. The van der Waals surface area contributed by atoms with Gasteiger partial charge >= 0.3 is 0 Å². The van der Waals surface area contributed by atoms with Gasteiger partial charge in [0.15, 0.2) is 5.79 Å². The lowest BCUT2D eigenvalue weighted by Crippen LogP contribution is -2.33. The fourth-order valence-electron chi connectivity index (χ4n) is 2.73. The molecule has 3 rings (SSSR count). The molecule has 1 atom stereocenters. The van der Waals surface area contributed by atoms with E-state index >= 15 is 0 Å². The number of nitrogens with zero attached hydrogens (tertiary/aromatic N) is 1. The third-order valence-corrected chi connectivity index (χ3v) is 3.94. The second-order valence-electron chi connectivity index (χ2n) is 5.63. The zero-order valence-corrected chi connectivity index (χ0v) is 12.9. The lowest BCUT2D eigenvalue weighted by atomic mass is 10.0. The molecule has 0 amide bonds. The van der Waals surface area contributed by atoms with Gasteiger partial charge in [-0.3, -0.25) is 4.98 Å². The second kappa shape index (κ2) is 7.01. The van der Waals surface area contributed by atoms with Gasteiger partial charge in [0.1, 0.15) is 0 Å². The van der Waals surface area contributed by atoms with Crippen molar-refractivity contribution in [3.8, 4) is 0 Å². The van der Waals surface area contributed by atoms with Crippen LogP contribution in [0.3, 0.4) is 0 Å². The van der Waals surface area contributed by atoms with E-state index in [1.165, 1.54) is 5.56 Å². The Bertz CT molecular complexity index is 529. The first-order valence-electron chi connectivity index (χ1n) is 7.74. The Kier molecular flexibility index (Phi) is 4.83. The second-order valence-corrected chi connectivity index (χ2v) is 5.63. The molecule has 1 fully saturated rings. The van der Waals surface area contributed by atoms with Gasteiger partial charge in [0.05, 0.1) is 24.9 Å². The summed E-state index contributed by atoms with van der Waals surface area (Å²) in [6.45, 7) is 4.16. The van der Waals surface area contributed by atoms with Gasteiger partial charge in [0.25, 0.3) is 0 Å². The summed E-state index contributed by atoms with van der Waals surface area (Å²) < 4.78 is 11.3. The predicted octanol–water partition coefficient (Wildman–Crippen LogP) is 2.91. The lowest BCUT2D eigenvalue weighted by molar-refractivity contribution is -0.145. The van der Waals surface area contributed by atoms with Crippen LogP contribution in [0.2, 0.25) is 0 Å². The third-order valence-electron chi connectivity index (χ3n) is 3.94. The van der Waals surface area contributed by atoms with E-state index in [0.717, 1.165) is 18.7 Å². The van der Waals surface area contributed by atoms with Crippen LogP contribution < -0.4 is 5.32 Å². The fraction of sp³-hybridized carbons (Fsp3) is 0.389. The molecule has 1 aliphatic heterocycles. The van der Waals surface area contributed by atoms with Gasteiger partial charge in [0, 0.05) is 19.2 Å². The van der Waals surface area contributed by atoms with E-state index in [4.69, 9.17) is 9.47 Å². The molecule has 4 nitrogen and oxygen atoms in total. The average molecular weight is 298 g/mol. The van der Waals surface area contributed by atoms with Crippen molar-refractivity contribution in [1.82, 2.24) is 10.3 Å². The zero-order valence-electron chi connectivity index (χ0n) is 12.9. The van der Waals surface area contributed by atoms with Crippen molar-refractivity contribution >= 4 is 0 Å². The molecular weight excluding hydrogens is 276 g/mol. The highest BCUT2D eigenvalue weighted by Crippen LogP contribution is 2.24. The Balaban J connectivity index is 1.69. The maximum absolute atomic E-state index is 5.66. The van der Waals surface area contributed by atoms with Gasteiger partial charge in [-0.25, -0.2) is 0 Å². The minimum absolute atomic E-state index is 0.0763. The molecule has 1 aliphatic rings. The molecule has 0 radical (unpaired) electrons. The lowest BCUT2D eigenvalue weighted by Gasteiger charge is -2.25. The number of rotatable bonds is 6. The quantitative estimate of drug-likeness (QED) is 0.890. The van der Waals surface area contributed by atoms with Gasteiger partial charge in [-0.2, -0.15) is 0 Å². The van der Waals surface area contributed by atoms with Gasteiger partial charge in [-0.1, -0.05) is 36.4 Å². The molecule has 2 heterocycles. The van der Waals surface area contributed by atoms with Crippen molar-refractivity contribution in [2.75, 3.05) is 19.8 Å². The molecule has 1 saturated heterocycles. The molecular formula is C18H22N2O2. The number of aromatic nitrogens is 1. The minimum Gasteiger partial charge on any atom is -0.348 e. The standard InChI is InChI=1S/C18H22N2O2/c1-18(21-13-14-22-18)10-12-20-17(15-7-3-2-4-8-15)16-9-5-6-11-19-16/h2-9,11,17,20H,10,12-14H2,1H3/t17-/m1/s1. The SMILES string of the molecule is CC1(CCN[C@H](c2ccccc2)c2ccccn2)OCCO1. The molecule has 0 aliphatic carbocycles. The molecule has 4 heteroatoms. The van der Waals surface area contributed by atoms with Crippen molar-refractivity contribution < 1.29 is 9.47 Å². The maximum atomic E-state index is 5.66. The first-order chi connectivity index (χ1) is 10.8. The Morgan fingerprint density at radius 3 is 2.50 bits per heavy atom. The van der Waals surface area contributed by atoms with Crippen molar-refractivity contribution in [2.45, 2.75) is 25.2 Å². The number of benzene rings is 1. The molecule has 116 valence electrons. The molecule has 1 N–H and O–H groups in total. The van der Waals surface area contributed by atoms with E-state index in [9.17, 15) is 0 Å². The number of ether oxygens (including phenoxy) is 2. The maximum Gasteiger partial charge on any atom is 0.166 e. The first-order valence-corrected chi connectivity index (χ1v) is 7.74. The van der Waals surface area contributed by atoms with Crippen molar-refractivity contribution in [2.24, 2.45) is 0 Å². The Morgan fingerprint density at radius 2 is 1.82 bits per heavy atom. The van der Waals surface area contributed by atoms with Crippen LogP contribution in [-0.4, -0.2) is 30.5 Å². The number of nitrogens with one attached hydrogen (secondary N) is 1. The zero-order chi connectivity index (χ0) is 15.3. The highest BCUT2D eigenvalue weighted by Gasteiger charge is 2.30. The van der Waals surface area contributed by atoms with E-state index in [1.54, 1.807) is 0 Å². The van der Waals surface area contributed by atoms with Crippen LogP contribution >= 0.6 is 0 Å². The fourth-order valence-corrected chi connectivity index (χ4v) is 2.73. The van der Waals surface area contributed by atoms with E-state index < -0.39 is 5.79 Å². The largest absolute Gasteiger partial charge is 0.348 e. The molecule has 2 aromatic rings. The molecule has 0 unspecified atom stereocenters. The highest BCUT2D eigenvalue weighted by atomic mass is 16.7. The summed E-state index contributed by atoms with van der Waals surface area (Å²) in [7, 11) is 0. The summed E-state index contributed by atoms with van der Waals surface area (Å²) in [5.41, 5.74) is 2.23. The average Bonchev–Trinajstić information content (AvgIpc) is 3.00. The van der Waals surface area contributed by atoms with Crippen LogP contribution in [0.1, 0.15) is 30.6 Å². The van der Waals surface area contributed by atoms with Crippen molar-refractivity contribution in [1.29, 1.82) is 0 Å². The summed E-state index contributed by atoms with van der Waals surface area (Å²) in [6, 6.07) is 16.5. The van der Waals surface area contributed by atoms with Crippen LogP contribution in [0.5, 0.6) is 0 Å². The van der Waals surface area contributed by atoms with Gasteiger partial charge in [0.2, 0.25) is 0 Å².